The van der Waals surface area contributed by atoms with Crippen LogP contribution < -0.4 is 15.4 Å². The summed E-state index contributed by atoms with van der Waals surface area (Å²) in [6, 6.07) is 13.1. The number of halogens is 8. The van der Waals surface area contributed by atoms with E-state index in [-0.39, 0.29) is 17.5 Å². The fourth-order valence-corrected chi connectivity index (χ4v) is 3.77. The Morgan fingerprint density at radius 2 is 1.51 bits per heavy atom. The van der Waals surface area contributed by atoms with Crippen molar-refractivity contribution in [2.24, 2.45) is 0 Å². The van der Waals surface area contributed by atoms with Gasteiger partial charge in [-0.15, -0.1) is 0 Å². The van der Waals surface area contributed by atoms with Crippen LogP contribution in [-0.4, -0.2) is 42.7 Å². The zero-order valence-electron chi connectivity index (χ0n) is 19.9. The molecule has 13 heteroatoms. The van der Waals surface area contributed by atoms with Crippen molar-refractivity contribution in [3.05, 3.63) is 101 Å². The van der Waals surface area contributed by atoms with E-state index in [1.807, 2.05) is 5.32 Å². The highest BCUT2D eigenvalue weighted by atomic mass is 19.3. The van der Waals surface area contributed by atoms with Crippen LogP contribution in [0.1, 0.15) is 16.7 Å². The van der Waals surface area contributed by atoms with Crippen molar-refractivity contribution in [2.75, 3.05) is 13.2 Å². The maximum Gasteiger partial charge on any atom is 0.461 e. The van der Waals surface area contributed by atoms with Gasteiger partial charge in [0.25, 0.3) is 5.92 Å². The van der Waals surface area contributed by atoms with Gasteiger partial charge in [0, 0.05) is 12.5 Å². The molecule has 0 saturated heterocycles. The average molecular weight is 562 g/mol. The normalized spacial score (nSPS) is 13.6. The molecule has 0 spiro atoms. The quantitative estimate of drug-likeness (QED) is 0.266. The molecule has 0 aromatic heterocycles. The van der Waals surface area contributed by atoms with Crippen LogP contribution in [0.2, 0.25) is 0 Å². The first kappa shape index (κ1) is 29.7. The zero-order chi connectivity index (χ0) is 28.8. The van der Waals surface area contributed by atoms with Gasteiger partial charge in [-0.05, 0) is 41.0 Å². The Morgan fingerprint density at radius 3 is 2.10 bits per heavy atom. The lowest BCUT2D eigenvalue weighted by atomic mass is 9.77. The number of amides is 2. The SMILES string of the molecule is O=C(NCC(F)(F)CO)N[C@](Cc1ccccc1)(c1ccc(F)cc1)c1cc(F)cc(OC(F)(F)C(F)F)c1. The van der Waals surface area contributed by atoms with E-state index in [2.05, 4.69) is 10.1 Å². The molecular formula is C26H22F8N2O3. The third-order valence-corrected chi connectivity index (χ3v) is 5.59. The van der Waals surface area contributed by atoms with Gasteiger partial charge < -0.3 is 20.5 Å². The van der Waals surface area contributed by atoms with E-state index in [1.54, 1.807) is 30.3 Å². The van der Waals surface area contributed by atoms with Gasteiger partial charge in [-0.2, -0.15) is 17.6 Å². The first-order valence-corrected chi connectivity index (χ1v) is 11.3. The number of aliphatic hydroxyl groups is 1. The zero-order valence-corrected chi connectivity index (χ0v) is 19.9. The molecule has 0 radical (unpaired) electrons. The molecule has 0 saturated carbocycles. The van der Waals surface area contributed by atoms with Crippen molar-refractivity contribution in [3.8, 4) is 5.75 Å². The molecule has 0 unspecified atom stereocenters. The Kier molecular flexibility index (Phi) is 9.05. The Labute approximate surface area is 217 Å². The van der Waals surface area contributed by atoms with E-state index >= 15 is 0 Å². The maximum atomic E-state index is 14.7. The largest absolute Gasteiger partial charge is 0.461 e. The van der Waals surface area contributed by atoms with Crippen LogP contribution in [0, 0.1) is 11.6 Å². The minimum atomic E-state index is -5.00. The van der Waals surface area contributed by atoms with Crippen molar-refractivity contribution in [1.82, 2.24) is 10.6 Å². The number of aliphatic hydroxyl groups excluding tert-OH is 1. The predicted molar refractivity (Wildman–Crippen MR) is 124 cm³/mol. The fourth-order valence-electron chi connectivity index (χ4n) is 3.77. The fraction of sp³-hybridized carbons (Fsp3) is 0.269. The van der Waals surface area contributed by atoms with Crippen LogP contribution in [0.25, 0.3) is 0 Å². The molecule has 0 aliphatic rings. The molecule has 2 amide bonds. The van der Waals surface area contributed by atoms with E-state index in [0.29, 0.717) is 11.6 Å². The monoisotopic (exact) mass is 562 g/mol. The second-order valence-corrected chi connectivity index (χ2v) is 8.54. The Bertz CT molecular complexity index is 1260. The lowest BCUT2D eigenvalue weighted by Gasteiger charge is -2.37. The summed E-state index contributed by atoms with van der Waals surface area (Å²) in [6.45, 7) is -2.89. The summed E-state index contributed by atoms with van der Waals surface area (Å²) in [5.41, 5.74) is -1.77. The number of carbonyl (C=O) groups is 1. The van der Waals surface area contributed by atoms with Crippen molar-refractivity contribution in [2.45, 2.75) is 30.4 Å². The molecule has 0 heterocycles. The van der Waals surface area contributed by atoms with Gasteiger partial charge in [-0.3, -0.25) is 0 Å². The molecule has 210 valence electrons. The van der Waals surface area contributed by atoms with Gasteiger partial charge in [-0.1, -0.05) is 42.5 Å². The molecule has 3 N–H and O–H groups in total. The number of hydrogen-bond donors (Lipinski definition) is 3. The molecule has 3 rings (SSSR count). The standard InChI is InChI=1S/C26H22F8N2O3/c27-19-8-6-17(7-9-19)25(13-16-4-2-1-3-5-16,36-23(38)35-14-24(31,32)15-37)18-10-20(28)12-21(11-18)39-26(33,34)22(29)30/h1-12,22,37H,13-15H2,(H2,35,36,38)/t25-/m1/s1. The van der Waals surface area contributed by atoms with Gasteiger partial charge in [0.2, 0.25) is 0 Å². The second kappa shape index (κ2) is 11.9. The summed E-state index contributed by atoms with van der Waals surface area (Å²) in [5.74, 6) is -6.65. The maximum absolute atomic E-state index is 14.7. The summed E-state index contributed by atoms with van der Waals surface area (Å²) in [6.07, 6.45) is -9.52. The number of urea groups is 1. The number of nitrogens with one attached hydrogen (secondary N) is 2. The van der Waals surface area contributed by atoms with Crippen LogP contribution in [0.15, 0.2) is 72.8 Å². The molecule has 0 bridgehead atoms. The van der Waals surface area contributed by atoms with E-state index in [0.717, 1.165) is 24.3 Å². The number of alkyl halides is 6. The van der Waals surface area contributed by atoms with Gasteiger partial charge >= 0.3 is 18.6 Å². The highest BCUT2D eigenvalue weighted by molar-refractivity contribution is 5.76. The third-order valence-electron chi connectivity index (χ3n) is 5.59. The van der Waals surface area contributed by atoms with Crippen LogP contribution in [-0.2, 0) is 12.0 Å². The number of hydrogen-bond acceptors (Lipinski definition) is 3. The smallest absolute Gasteiger partial charge is 0.428 e. The van der Waals surface area contributed by atoms with Crippen molar-refractivity contribution in [3.63, 3.8) is 0 Å². The van der Waals surface area contributed by atoms with Crippen LogP contribution in [0.4, 0.5) is 39.9 Å². The molecular weight excluding hydrogens is 540 g/mol. The average Bonchev–Trinajstić information content (AvgIpc) is 2.87. The number of ether oxygens (including phenoxy) is 1. The molecule has 0 fully saturated rings. The lowest BCUT2D eigenvalue weighted by molar-refractivity contribution is -0.253. The van der Waals surface area contributed by atoms with Crippen molar-refractivity contribution >= 4 is 6.03 Å². The second-order valence-electron chi connectivity index (χ2n) is 8.54. The summed E-state index contributed by atoms with van der Waals surface area (Å²) < 4.78 is 113. The highest BCUT2D eigenvalue weighted by Gasteiger charge is 2.45. The lowest BCUT2D eigenvalue weighted by Crippen LogP contribution is -2.54. The van der Waals surface area contributed by atoms with Crippen molar-refractivity contribution < 1.29 is 49.8 Å². The molecule has 0 aliphatic carbocycles. The summed E-state index contributed by atoms with van der Waals surface area (Å²) >= 11 is 0. The summed E-state index contributed by atoms with van der Waals surface area (Å²) in [4.78, 5) is 12.9. The molecule has 1 atom stereocenters. The van der Waals surface area contributed by atoms with Gasteiger partial charge in [0.1, 0.15) is 24.0 Å². The Hall–Kier alpha value is -3.87. The number of rotatable bonds is 11. The Balaban J connectivity index is 2.20. The molecule has 0 aliphatic heterocycles. The summed E-state index contributed by atoms with van der Waals surface area (Å²) in [7, 11) is 0. The molecule has 3 aromatic rings. The van der Waals surface area contributed by atoms with E-state index in [9.17, 15) is 39.9 Å². The van der Waals surface area contributed by atoms with Crippen molar-refractivity contribution in [1.29, 1.82) is 0 Å². The van der Waals surface area contributed by atoms with E-state index < -0.39 is 60.6 Å². The minimum Gasteiger partial charge on any atom is -0.428 e. The van der Waals surface area contributed by atoms with Gasteiger partial charge in [0.15, 0.2) is 0 Å². The van der Waals surface area contributed by atoms with E-state index in [1.165, 1.54) is 12.1 Å². The van der Waals surface area contributed by atoms with Gasteiger partial charge in [0.05, 0.1) is 12.1 Å². The Morgan fingerprint density at radius 1 is 0.872 bits per heavy atom. The first-order valence-electron chi connectivity index (χ1n) is 11.3. The molecule has 3 aromatic carbocycles. The van der Waals surface area contributed by atoms with Gasteiger partial charge in [-0.25, -0.2) is 22.4 Å². The minimum absolute atomic E-state index is 0.0500. The first-order chi connectivity index (χ1) is 18.3. The summed E-state index contributed by atoms with van der Waals surface area (Å²) in [5, 5.41) is 13.1. The third kappa shape index (κ3) is 7.59. The molecule has 5 nitrogen and oxygen atoms in total. The van der Waals surface area contributed by atoms with E-state index in [4.69, 9.17) is 5.11 Å². The van der Waals surface area contributed by atoms with Crippen LogP contribution in [0.5, 0.6) is 5.75 Å². The number of carbonyl (C=O) groups excluding carboxylic acids is 1. The van der Waals surface area contributed by atoms with Crippen LogP contribution >= 0.6 is 0 Å². The highest BCUT2D eigenvalue weighted by Crippen LogP contribution is 2.38. The molecule has 39 heavy (non-hydrogen) atoms. The number of benzene rings is 3. The topological polar surface area (TPSA) is 70.6 Å². The van der Waals surface area contributed by atoms with Crippen LogP contribution in [0.3, 0.4) is 0 Å². The predicted octanol–water partition coefficient (Wildman–Crippen LogP) is 5.61.